The van der Waals surface area contributed by atoms with Crippen LogP contribution in [-0.4, -0.2) is 27.9 Å². The van der Waals surface area contributed by atoms with E-state index in [-0.39, 0.29) is 11.7 Å². The molecule has 1 aliphatic heterocycles. The van der Waals surface area contributed by atoms with E-state index in [1.54, 1.807) is 0 Å². The number of allylic oxidation sites excluding steroid dienone is 1. The number of halogens is 1. The molecule has 23 heavy (non-hydrogen) atoms. The number of aromatic amines is 2. The molecule has 2 N–H and O–H groups in total. The lowest BCUT2D eigenvalue weighted by Crippen LogP contribution is -2.03. The predicted octanol–water partition coefficient (Wildman–Crippen LogP) is 3.54. The highest BCUT2D eigenvalue weighted by Crippen LogP contribution is 2.29. The van der Waals surface area contributed by atoms with Crippen molar-refractivity contribution in [2.45, 2.75) is 0 Å². The molecule has 5 nitrogen and oxygen atoms in total. The predicted molar refractivity (Wildman–Crippen MR) is 90.7 cm³/mol. The lowest BCUT2D eigenvalue weighted by atomic mass is 10.1. The summed E-state index contributed by atoms with van der Waals surface area (Å²) in [6.07, 6.45) is 9.24. The Balaban J connectivity index is 0.000000166. The Labute approximate surface area is 136 Å². The summed E-state index contributed by atoms with van der Waals surface area (Å²) in [5, 5.41) is 1.95. The van der Waals surface area contributed by atoms with Gasteiger partial charge in [0.05, 0.1) is 6.21 Å². The first-order chi connectivity index (χ1) is 11.1. The number of dihydropyridines is 1. The van der Waals surface area contributed by atoms with Crippen molar-refractivity contribution in [3.63, 3.8) is 0 Å². The number of H-pyrrole nitrogens is 2. The Morgan fingerprint density at radius 3 is 2.57 bits per heavy atom. The highest BCUT2D eigenvalue weighted by molar-refractivity contribution is 6.37. The number of nitrogens with zero attached hydrogens (tertiary/aromatic N) is 1. The molecule has 0 aliphatic carbocycles. The van der Waals surface area contributed by atoms with E-state index in [0.29, 0.717) is 0 Å². The maximum atomic E-state index is 10.2. The van der Waals surface area contributed by atoms with Gasteiger partial charge < -0.3 is 9.97 Å². The normalized spacial score (nSPS) is 13.3. The first-order valence-electron chi connectivity index (χ1n) is 6.83. The van der Waals surface area contributed by atoms with Crippen LogP contribution in [0.2, 0.25) is 5.02 Å². The van der Waals surface area contributed by atoms with Crippen molar-refractivity contribution in [1.29, 1.82) is 0 Å². The number of nitrogens with one attached hydrogen (secondary N) is 2. The van der Waals surface area contributed by atoms with E-state index in [2.05, 4.69) is 21.0 Å². The Hall–Kier alpha value is -2.92. The van der Waals surface area contributed by atoms with E-state index < -0.39 is 0 Å². The molecule has 0 saturated heterocycles. The number of hydrogen-bond donors (Lipinski definition) is 2. The Morgan fingerprint density at radius 1 is 1.04 bits per heavy atom. The average Bonchev–Trinajstić information content (AvgIpc) is 3.19. The summed E-state index contributed by atoms with van der Waals surface area (Å²) in [7, 11) is 0. The molecule has 0 radical (unpaired) electrons. The second-order valence-electron chi connectivity index (χ2n) is 4.82. The SMILES string of the molecule is Clc1ccc2c(-c3cc[nH]c3)c[nH]c2c1.O=C1C=CC(=O)N=C1. The molecule has 114 valence electrons. The van der Waals surface area contributed by atoms with Gasteiger partial charge in [-0.3, -0.25) is 9.59 Å². The first-order valence-corrected chi connectivity index (χ1v) is 7.21. The fourth-order valence-corrected chi connectivity index (χ4v) is 2.37. The zero-order valence-corrected chi connectivity index (χ0v) is 12.7. The van der Waals surface area contributed by atoms with Crippen LogP contribution in [0.5, 0.6) is 0 Å². The number of amides is 1. The fraction of sp³-hybridized carbons (Fsp3) is 0. The van der Waals surface area contributed by atoms with Crippen LogP contribution < -0.4 is 0 Å². The van der Waals surface area contributed by atoms with Crippen molar-refractivity contribution in [2.24, 2.45) is 4.99 Å². The van der Waals surface area contributed by atoms with Gasteiger partial charge in [0.25, 0.3) is 5.91 Å². The fourth-order valence-electron chi connectivity index (χ4n) is 2.20. The molecule has 0 saturated carbocycles. The third-order valence-corrected chi connectivity index (χ3v) is 3.50. The largest absolute Gasteiger partial charge is 0.367 e. The van der Waals surface area contributed by atoms with Gasteiger partial charge in [0.2, 0.25) is 0 Å². The second-order valence-corrected chi connectivity index (χ2v) is 5.26. The summed E-state index contributed by atoms with van der Waals surface area (Å²) >= 11 is 5.93. The molecule has 0 atom stereocenters. The molecule has 1 aliphatic rings. The smallest absolute Gasteiger partial charge is 0.269 e. The molecule has 1 amide bonds. The highest BCUT2D eigenvalue weighted by atomic mass is 35.5. The summed E-state index contributed by atoms with van der Waals surface area (Å²) in [6.45, 7) is 0. The number of fused-ring (bicyclic) bond motifs is 1. The summed E-state index contributed by atoms with van der Waals surface area (Å²) < 4.78 is 0. The number of ketones is 1. The maximum Gasteiger partial charge on any atom is 0.269 e. The summed E-state index contributed by atoms with van der Waals surface area (Å²) in [4.78, 5) is 29.9. The lowest BCUT2D eigenvalue weighted by Gasteiger charge is -1.95. The van der Waals surface area contributed by atoms with Crippen molar-refractivity contribution in [1.82, 2.24) is 9.97 Å². The van der Waals surface area contributed by atoms with Crippen LogP contribution in [-0.2, 0) is 9.59 Å². The van der Waals surface area contributed by atoms with E-state index in [4.69, 9.17) is 11.6 Å². The molecule has 3 aromatic rings. The van der Waals surface area contributed by atoms with Gasteiger partial charge in [-0.05, 0) is 24.3 Å². The minimum atomic E-state index is -0.371. The van der Waals surface area contributed by atoms with Crippen molar-refractivity contribution < 1.29 is 9.59 Å². The summed E-state index contributed by atoms with van der Waals surface area (Å²) in [6, 6.07) is 7.94. The van der Waals surface area contributed by atoms with E-state index in [9.17, 15) is 9.59 Å². The van der Waals surface area contributed by atoms with Crippen LogP contribution in [0.15, 0.2) is 60.0 Å². The quantitative estimate of drug-likeness (QED) is 0.717. The van der Waals surface area contributed by atoms with Crippen molar-refractivity contribution in [3.05, 3.63) is 60.0 Å². The van der Waals surface area contributed by atoms with E-state index in [1.807, 2.05) is 36.8 Å². The van der Waals surface area contributed by atoms with Crippen LogP contribution in [0.3, 0.4) is 0 Å². The Bertz CT molecular complexity index is 883. The third kappa shape index (κ3) is 3.46. The van der Waals surface area contributed by atoms with E-state index in [0.717, 1.165) is 22.8 Å². The Kier molecular flexibility index (Phi) is 4.21. The van der Waals surface area contributed by atoms with Gasteiger partial charge in [0.15, 0.2) is 5.78 Å². The van der Waals surface area contributed by atoms with Gasteiger partial charge in [-0.1, -0.05) is 17.7 Å². The number of carbonyl (C=O) groups excluding carboxylic acids is 2. The molecular weight excluding hydrogens is 314 g/mol. The zero-order chi connectivity index (χ0) is 16.2. The van der Waals surface area contributed by atoms with Crippen LogP contribution in [0.4, 0.5) is 0 Å². The average molecular weight is 326 g/mol. The summed E-state index contributed by atoms with van der Waals surface area (Å²) in [5.74, 6) is -0.603. The minimum absolute atomic E-state index is 0.232. The van der Waals surface area contributed by atoms with Gasteiger partial charge in [-0.2, -0.15) is 0 Å². The minimum Gasteiger partial charge on any atom is -0.367 e. The molecular formula is C17H12ClN3O2. The number of carbonyl (C=O) groups is 2. The van der Waals surface area contributed by atoms with Crippen LogP contribution in [0, 0.1) is 0 Å². The molecule has 3 heterocycles. The Morgan fingerprint density at radius 2 is 1.91 bits per heavy atom. The number of hydrogen-bond acceptors (Lipinski definition) is 2. The van der Waals surface area contributed by atoms with Gasteiger partial charge in [0, 0.05) is 51.7 Å². The lowest BCUT2D eigenvalue weighted by molar-refractivity contribution is -0.115. The van der Waals surface area contributed by atoms with E-state index in [1.165, 1.54) is 22.6 Å². The molecule has 0 unspecified atom stereocenters. The molecule has 4 rings (SSSR count). The van der Waals surface area contributed by atoms with Crippen molar-refractivity contribution in [2.75, 3.05) is 0 Å². The number of aliphatic imine (C=N–C) groups is 1. The molecule has 2 aromatic heterocycles. The molecule has 1 aromatic carbocycles. The number of rotatable bonds is 1. The van der Waals surface area contributed by atoms with Gasteiger partial charge in [-0.15, -0.1) is 0 Å². The van der Waals surface area contributed by atoms with Gasteiger partial charge in [-0.25, -0.2) is 4.99 Å². The van der Waals surface area contributed by atoms with Gasteiger partial charge in [0.1, 0.15) is 0 Å². The standard InChI is InChI=1S/C12H9ClN2.C5H3NO2/c13-9-1-2-10-11(7-15-12(10)5-9)8-3-4-14-6-8;7-4-1-2-5(8)6-3-4/h1-7,14-15H;1-3H. The topological polar surface area (TPSA) is 78.1 Å². The maximum absolute atomic E-state index is 10.2. The zero-order valence-electron chi connectivity index (χ0n) is 11.9. The van der Waals surface area contributed by atoms with Crippen LogP contribution in [0.1, 0.15) is 0 Å². The van der Waals surface area contributed by atoms with Crippen molar-refractivity contribution >= 4 is 40.4 Å². The van der Waals surface area contributed by atoms with Gasteiger partial charge >= 0.3 is 0 Å². The second kappa shape index (κ2) is 6.46. The first kappa shape index (κ1) is 15.0. The monoisotopic (exact) mass is 325 g/mol. The molecule has 6 heteroatoms. The molecule has 0 fully saturated rings. The van der Waals surface area contributed by atoms with Crippen molar-refractivity contribution in [3.8, 4) is 11.1 Å². The van der Waals surface area contributed by atoms with Crippen LogP contribution >= 0.6 is 11.6 Å². The molecule has 0 spiro atoms. The number of aromatic nitrogens is 2. The van der Waals surface area contributed by atoms with Crippen LogP contribution in [0.25, 0.3) is 22.0 Å². The van der Waals surface area contributed by atoms with E-state index >= 15 is 0 Å². The highest BCUT2D eigenvalue weighted by Gasteiger charge is 2.06. The molecule has 0 bridgehead atoms. The summed E-state index contributed by atoms with van der Waals surface area (Å²) in [5.41, 5.74) is 3.45. The number of benzene rings is 1. The third-order valence-electron chi connectivity index (χ3n) is 3.26.